The number of carbonyl (C=O) groups is 1. The topological polar surface area (TPSA) is 80.9 Å². The van der Waals surface area contributed by atoms with E-state index in [9.17, 15) is 4.79 Å². The van der Waals surface area contributed by atoms with Gasteiger partial charge in [-0.15, -0.1) is 10.2 Å². The number of rotatable bonds is 2. The van der Waals surface area contributed by atoms with Crippen LogP contribution in [0, 0.1) is 13.8 Å². The van der Waals surface area contributed by atoms with Crippen molar-refractivity contribution in [1.29, 1.82) is 0 Å². The molecule has 0 spiro atoms. The Hall–Kier alpha value is -1.95. The Morgan fingerprint density at radius 1 is 1.35 bits per heavy atom. The summed E-state index contributed by atoms with van der Waals surface area (Å²) in [6.45, 7) is 3.67. The third-order valence-electron chi connectivity index (χ3n) is 2.28. The zero-order valence-corrected chi connectivity index (χ0v) is 10.3. The molecule has 88 valence electrons. The number of carbonyl (C=O) groups excluding carboxylic acids is 1. The molecule has 3 N–H and O–H groups in total. The molecule has 0 bridgehead atoms. The van der Waals surface area contributed by atoms with Crippen molar-refractivity contribution in [2.45, 2.75) is 13.8 Å². The lowest BCUT2D eigenvalue weighted by atomic mass is 10.1. The van der Waals surface area contributed by atoms with Crippen LogP contribution >= 0.6 is 11.3 Å². The number of hydrogen-bond acceptors (Lipinski definition) is 5. The Morgan fingerprint density at radius 2 is 2.12 bits per heavy atom. The highest BCUT2D eigenvalue weighted by Crippen LogP contribution is 2.20. The first-order valence-corrected chi connectivity index (χ1v) is 5.86. The number of nitrogen functional groups attached to an aromatic ring is 1. The monoisotopic (exact) mass is 248 g/mol. The van der Waals surface area contributed by atoms with Crippen molar-refractivity contribution in [2.75, 3.05) is 11.1 Å². The van der Waals surface area contributed by atoms with E-state index in [4.69, 9.17) is 5.73 Å². The van der Waals surface area contributed by atoms with Crippen molar-refractivity contribution in [1.82, 2.24) is 10.2 Å². The van der Waals surface area contributed by atoms with Crippen molar-refractivity contribution in [2.24, 2.45) is 0 Å². The summed E-state index contributed by atoms with van der Waals surface area (Å²) in [6, 6.07) is 5.36. The van der Waals surface area contributed by atoms with Crippen molar-refractivity contribution in [3.05, 3.63) is 34.3 Å². The van der Waals surface area contributed by atoms with E-state index < -0.39 is 0 Å². The molecule has 2 aromatic rings. The summed E-state index contributed by atoms with van der Waals surface area (Å²) in [4.78, 5) is 12.0. The fraction of sp³-hybridized carbons (Fsp3) is 0.182. The third-order valence-corrected chi connectivity index (χ3v) is 3.03. The van der Waals surface area contributed by atoms with Crippen LogP contribution in [0.5, 0.6) is 0 Å². The van der Waals surface area contributed by atoms with Gasteiger partial charge in [-0.3, -0.25) is 10.1 Å². The Balaban J connectivity index is 2.26. The van der Waals surface area contributed by atoms with Gasteiger partial charge in [0.1, 0.15) is 5.01 Å². The minimum atomic E-state index is -0.253. The summed E-state index contributed by atoms with van der Waals surface area (Å²) in [5.41, 5.74) is 7.57. The third kappa shape index (κ3) is 2.42. The molecular weight excluding hydrogens is 236 g/mol. The Morgan fingerprint density at radius 3 is 2.71 bits per heavy atom. The molecule has 0 aliphatic heterocycles. The van der Waals surface area contributed by atoms with Crippen LogP contribution < -0.4 is 11.1 Å². The highest BCUT2D eigenvalue weighted by molar-refractivity contribution is 7.15. The minimum Gasteiger partial charge on any atom is -0.398 e. The van der Waals surface area contributed by atoms with Crippen LogP contribution in [0.1, 0.15) is 20.9 Å². The van der Waals surface area contributed by atoms with E-state index in [1.54, 1.807) is 6.07 Å². The van der Waals surface area contributed by atoms with Crippen LogP contribution in [0.25, 0.3) is 0 Å². The van der Waals surface area contributed by atoms with E-state index >= 15 is 0 Å². The minimum absolute atomic E-state index is 0.253. The highest BCUT2D eigenvalue weighted by atomic mass is 32.1. The summed E-state index contributed by atoms with van der Waals surface area (Å²) < 4.78 is 0. The predicted molar refractivity (Wildman–Crippen MR) is 68.2 cm³/mol. The number of nitrogens with zero attached hydrogens (tertiary/aromatic N) is 2. The number of anilines is 2. The zero-order valence-electron chi connectivity index (χ0n) is 9.52. The van der Waals surface area contributed by atoms with Gasteiger partial charge in [0.25, 0.3) is 5.91 Å². The summed E-state index contributed by atoms with van der Waals surface area (Å²) in [6.07, 6.45) is 0. The van der Waals surface area contributed by atoms with Gasteiger partial charge < -0.3 is 5.73 Å². The van der Waals surface area contributed by atoms with Crippen LogP contribution in [-0.4, -0.2) is 16.1 Å². The van der Waals surface area contributed by atoms with Crippen molar-refractivity contribution < 1.29 is 4.79 Å². The number of aryl methyl sites for hydroxylation is 2. The van der Waals surface area contributed by atoms with E-state index in [1.165, 1.54) is 11.3 Å². The van der Waals surface area contributed by atoms with E-state index in [0.29, 0.717) is 16.4 Å². The summed E-state index contributed by atoms with van der Waals surface area (Å²) >= 11 is 1.33. The maximum Gasteiger partial charge on any atom is 0.259 e. The van der Waals surface area contributed by atoms with Crippen molar-refractivity contribution >= 4 is 28.1 Å². The van der Waals surface area contributed by atoms with Gasteiger partial charge in [0.2, 0.25) is 5.13 Å². The van der Waals surface area contributed by atoms with E-state index in [0.717, 1.165) is 10.6 Å². The van der Waals surface area contributed by atoms with Gasteiger partial charge in [-0.05, 0) is 25.5 Å². The van der Waals surface area contributed by atoms with Crippen LogP contribution in [0.2, 0.25) is 0 Å². The molecule has 2 rings (SSSR count). The second-order valence-electron chi connectivity index (χ2n) is 3.62. The quantitative estimate of drug-likeness (QED) is 0.796. The van der Waals surface area contributed by atoms with Crippen LogP contribution in [0.15, 0.2) is 18.2 Å². The first-order valence-electron chi connectivity index (χ1n) is 5.04. The standard InChI is InChI=1S/C11H12N4OS/c1-6-4-3-5-8(12)9(6)10(16)13-11-15-14-7(2)17-11/h3-5H,12H2,1-2H3,(H,13,15,16). The van der Waals surface area contributed by atoms with Crippen LogP contribution in [-0.2, 0) is 0 Å². The first kappa shape index (κ1) is 11.5. The SMILES string of the molecule is Cc1nnc(NC(=O)c2c(C)cccc2N)s1. The molecule has 0 atom stereocenters. The lowest BCUT2D eigenvalue weighted by molar-refractivity contribution is 0.102. The second kappa shape index (κ2) is 4.50. The molecule has 1 aromatic carbocycles. The van der Waals surface area contributed by atoms with Crippen molar-refractivity contribution in [3.8, 4) is 0 Å². The second-order valence-corrected chi connectivity index (χ2v) is 4.80. The normalized spacial score (nSPS) is 10.2. The fourth-order valence-electron chi connectivity index (χ4n) is 1.51. The molecule has 0 saturated heterocycles. The maximum absolute atomic E-state index is 12.0. The van der Waals surface area contributed by atoms with Gasteiger partial charge in [0.15, 0.2) is 0 Å². The van der Waals surface area contributed by atoms with E-state index in [2.05, 4.69) is 15.5 Å². The molecule has 6 heteroatoms. The number of nitrogens with one attached hydrogen (secondary N) is 1. The summed E-state index contributed by atoms with van der Waals surface area (Å²) in [5, 5.41) is 11.6. The van der Waals surface area contributed by atoms with Gasteiger partial charge in [-0.25, -0.2) is 0 Å². The molecule has 0 aliphatic rings. The maximum atomic E-state index is 12.0. The zero-order chi connectivity index (χ0) is 12.4. The fourth-order valence-corrected chi connectivity index (χ4v) is 2.09. The molecule has 17 heavy (non-hydrogen) atoms. The lowest BCUT2D eigenvalue weighted by Gasteiger charge is -2.07. The molecule has 0 saturated carbocycles. The smallest absolute Gasteiger partial charge is 0.259 e. The van der Waals surface area contributed by atoms with Gasteiger partial charge >= 0.3 is 0 Å². The number of benzene rings is 1. The summed E-state index contributed by atoms with van der Waals surface area (Å²) in [5.74, 6) is -0.253. The van der Waals surface area contributed by atoms with Crippen molar-refractivity contribution in [3.63, 3.8) is 0 Å². The Bertz CT molecular complexity index is 544. The number of hydrogen-bond donors (Lipinski definition) is 2. The average molecular weight is 248 g/mol. The van der Waals surface area contributed by atoms with Crippen LogP contribution in [0.4, 0.5) is 10.8 Å². The van der Waals surface area contributed by atoms with Gasteiger partial charge in [0, 0.05) is 5.69 Å². The Labute approximate surface area is 103 Å². The predicted octanol–water partition coefficient (Wildman–Crippen LogP) is 1.99. The molecule has 1 heterocycles. The highest BCUT2D eigenvalue weighted by Gasteiger charge is 2.14. The van der Waals surface area contributed by atoms with E-state index in [1.807, 2.05) is 26.0 Å². The van der Waals surface area contributed by atoms with Gasteiger partial charge in [0.05, 0.1) is 5.56 Å². The number of aromatic nitrogens is 2. The molecular formula is C11H12N4OS. The van der Waals surface area contributed by atoms with Gasteiger partial charge in [-0.2, -0.15) is 0 Å². The largest absolute Gasteiger partial charge is 0.398 e. The molecule has 1 aromatic heterocycles. The first-order chi connectivity index (χ1) is 8.08. The van der Waals surface area contributed by atoms with E-state index in [-0.39, 0.29) is 5.91 Å². The molecule has 0 radical (unpaired) electrons. The molecule has 0 fully saturated rings. The average Bonchev–Trinajstić information content (AvgIpc) is 2.63. The molecule has 5 nitrogen and oxygen atoms in total. The summed E-state index contributed by atoms with van der Waals surface area (Å²) in [7, 11) is 0. The molecule has 0 aliphatic carbocycles. The lowest BCUT2D eigenvalue weighted by Crippen LogP contribution is -2.15. The van der Waals surface area contributed by atoms with Crippen LogP contribution in [0.3, 0.4) is 0 Å². The Kier molecular flexibility index (Phi) is 3.06. The molecule has 1 amide bonds. The number of amides is 1. The number of nitrogens with two attached hydrogens (primary N) is 1. The molecule has 0 unspecified atom stereocenters. The van der Waals surface area contributed by atoms with Gasteiger partial charge in [-0.1, -0.05) is 23.5 Å².